The summed E-state index contributed by atoms with van der Waals surface area (Å²) in [7, 11) is 0. The maximum Gasteiger partial charge on any atom is 0.217 e. The van der Waals surface area contributed by atoms with Gasteiger partial charge in [0.25, 0.3) is 0 Å². The highest BCUT2D eigenvalue weighted by atomic mass is 16.8. The second-order valence-electron chi connectivity index (χ2n) is 11.9. The van der Waals surface area contributed by atoms with E-state index in [1.807, 2.05) is 0 Å². The van der Waals surface area contributed by atoms with Crippen molar-refractivity contribution in [3.63, 3.8) is 0 Å². The van der Waals surface area contributed by atoms with E-state index in [2.05, 4.69) is 5.32 Å². The van der Waals surface area contributed by atoms with E-state index in [1.165, 1.54) is 0 Å². The molecule has 4 heterocycles. The van der Waals surface area contributed by atoms with Gasteiger partial charge >= 0.3 is 0 Å². The van der Waals surface area contributed by atoms with E-state index in [4.69, 9.17) is 33.2 Å². The number of hydrogen-bond donors (Lipinski definition) is 14. The Morgan fingerprint density at radius 2 is 0.958 bits per heavy atom. The van der Waals surface area contributed by atoms with E-state index < -0.39 is 155 Å². The fraction of sp³-hybridized carbons (Fsp3) is 0.962. The summed E-state index contributed by atoms with van der Waals surface area (Å²) in [5, 5.41) is 136. The van der Waals surface area contributed by atoms with Crippen LogP contribution in [0.1, 0.15) is 6.92 Å². The lowest BCUT2D eigenvalue weighted by Crippen LogP contribution is -2.70. The number of aliphatic hydroxyl groups is 13. The summed E-state index contributed by atoms with van der Waals surface area (Å²) in [6.45, 7) is -2.41. The van der Waals surface area contributed by atoms with E-state index in [9.17, 15) is 71.2 Å². The van der Waals surface area contributed by atoms with Crippen LogP contribution in [0.25, 0.3) is 0 Å². The van der Waals surface area contributed by atoms with Crippen molar-refractivity contribution in [2.75, 3.05) is 26.4 Å². The molecule has 0 radical (unpaired) electrons. The molecule has 4 aliphatic rings. The van der Waals surface area contributed by atoms with Crippen molar-refractivity contribution in [1.29, 1.82) is 0 Å². The largest absolute Gasteiger partial charge is 0.394 e. The average Bonchev–Trinajstić information content (AvgIpc) is 3.06. The number of nitrogens with one attached hydrogen (secondary N) is 1. The van der Waals surface area contributed by atoms with Crippen molar-refractivity contribution < 1.29 is 104 Å². The third kappa shape index (κ3) is 8.08. The molecule has 14 N–H and O–H groups in total. The van der Waals surface area contributed by atoms with Crippen molar-refractivity contribution in [3.8, 4) is 0 Å². The summed E-state index contributed by atoms with van der Waals surface area (Å²) >= 11 is 0. The first-order valence-electron chi connectivity index (χ1n) is 15.1. The maximum absolute atomic E-state index is 12.3. The van der Waals surface area contributed by atoms with Gasteiger partial charge in [0.15, 0.2) is 25.2 Å². The van der Waals surface area contributed by atoms with Crippen molar-refractivity contribution in [2.45, 2.75) is 130 Å². The molecular weight excluding hydrogens is 662 g/mol. The van der Waals surface area contributed by atoms with Gasteiger partial charge in [-0.25, -0.2) is 0 Å². The summed E-state index contributed by atoms with van der Waals surface area (Å²) in [5.74, 6) is -0.765. The summed E-state index contributed by atoms with van der Waals surface area (Å²) in [6.07, 6.45) is -33.8. The Kier molecular flexibility index (Phi) is 13.8. The van der Waals surface area contributed by atoms with Crippen molar-refractivity contribution >= 4 is 5.91 Å². The van der Waals surface area contributed by atoms with Crippen molar-refractivity contribution in [3.05, 3.63) is 0 Å². The fourth-order valence-corrected chi connectivity index (χ4v) is 5.94. The van der Waals surface area contributed by atoms with Gasteiger partial charge in [-0.15, -0.1) is 0 Å². The SMILES string of the molecule is CC(=O)NC1C(O[C@@H]2OC(CO)[C@H](O)C(O)C2O)[C@H](O)C(CO)O[C@H]1OC1C(O)[C@H](O[C@@H]2C(CO)OC(O)C(O)C2O)OC(CO)[C@@H]1O. The average molecular weight is 708 g/mol. The zero-order chi connectivity index (χ0) is 35.6. The number of carbonyl (C=O) groups excluding carboxylic acids is 1. The van der Waals surface area contributed by atoms with E-state index in [1.54, 1.807) is 0 Å². The minimum atomic E-state index is -2.04. The van der Waals surface area contributed by atoms with E-state index in [-0.39, 0.29) is 0 Å². The first-order valence-corrected chi connectivity index (χ1v) is 15.1. The Labute approximate surface area is 272 Å². The molecule has 4 fully saturated rings. The zero-order valence-corrected chi connectivity index (χ0v) is 25.5. The third-order valence-corrected chi connectivity index (χ3v) is 8.61. The Balaban J connectivity index is 1.61. The van der Waals surface area contributed by atoms with Gasteiger partial charge in [0.05, 0.1) is 26.4 Å². The second-order valence-corrected chi connectivity index (χ2v) is 11.9. The number of hydrogen-bond acceptors (Lipinski definition) is 21. The molecule has 1 amide bonds. The van der Waals surface area contributed by atoms with Gasteiger partial charge in [-0.2, -0.15) is 0 Å². The highest BCUT2D eigenvalue weighted by molar-refractivity contribution is 5.73. The van der Waals surface area contributed by atoms with E-state index in [0.29, 0.717) is 0 Å². The summed E-state index contributed by atoms with van der Waals surface area (Å²) in [5.41, 5.74) is 0. The zero-order valence-electron chi connectivity index (χ0n) is 25.5. The summed E-state index contributed by atoms with van der Waals surface area (Å²) in [4.78, 5) is 12.3. The lowest BCUT2D eigenvalue weighted by molar-refractivity contribution is -0.379. The van der Waals surface area contributed by atoms with Crippen molar-refractivity contribution in [2.24, 2.45) is 0 Å². The third-order valence-electron chi connectivity index (χ3n) is 8.61. The molecule has 20 atom stereocenters. The van der Waals surface area contributed by atoms with Crippen LogP contribution >= 0.6 is 0 Å². The monoisotopic (exact) mass is 707 g/mol. The van der Waals surface area contributed by atoms with Crippen LogP contribution < -0.4 is 5.32 Å². The van der Waals surface area contributed by atoms with Gasteiger partial charge in [0.2, 0.25) is 5.91 Å². The molecule has 48 heavy (non-hydrogen) atoms. The Morgan fingerprint density at radius 3 is 1.50 bits per heavy atom. The highest BCUT2D eigenvalue weighted by Gasteiger charge is 2.55. The van der Waals surface area contributed by atoms with Gasteiger partial charge in [-0.3, -0.25) is 4.79 Å². The molecule has 22 nitrogen and oxygen atoms in total. The molecule has 4 aliphatic heterocycles. The van der Waals surface area contributed by atoms with Crippen LogP contribution in [0.5, 0.6) is 0 Å². The lowest BCUT2D eigenvalue weighted by Gasteiger charge is -2.50. The molecule has 0 aromatic heterocycles. The number of amides is 1. The van der Waals surface area contributed by atoms with Crippen LogP contribution in [-0.4, -0.2) is 221 Å². The molecule has 13 unspecified atom stereocenters. The van der Waals surface area contributed by atoms with Crippen LogP contribution in [0, 0.1) is 0 Å². The van der Waals surface area contributed by atoms with Gasteiger partial charge in [-0.1, -0.05) is 0 Å². The fourth-order valence-electron chi connectivity index (χ4n) is 5.94. The number of carbonyl (C=O) groups is 1. The predicted molar refractivity (Wildman–Crippen MR) is 145 cm³/mol. The van der Waals surface area contributed by atoms with E-state index in [0.717, 1.165) is 6.92 Å². The first-order chi connectivity index (χ1) is 22.7. The molecule has 280 valence electrons. The van der Waals surface area contributed by atoms with Gasteiger partial charge in [0, 0.05) is 6.92 Å². The maximum atomic E-state index is 12.3. The second kappa shape index (κ2) is 16.8. The number of ether oxygens (including phenoxy) is 7. The van der Waals surface area contributed by atoms with Crippen LogP contribution in [0.2, 0.25) is 0 Å². The van der Waals surface area contributed by atoms with Crippen molar-refractivity contribution in [1.82, 2.24) is 5.32 Å². The minimum Gasteiger partial charge on any atom is -0.394 e. The molecule has 0 saturated carbocycles. The normalized spacial score (nSPS) is 50.2. The Bertz CT molecular complexity index is 1030. The van der Waals surface area contributed by atoms with E-state index >= 15 is 0 Å². The standard InChI is InChI=1S/C26H45NO21/c1-6(32)27-11-21(47-25-18(39)15(36)12(33)7(2-28)44-25)13(34)8(3-29)43-24(11)48-22-14(35)9(4-30)45-26(19(22)40)46-20-10(5-31)42-23(41)17(38)16(20)37/h7-26,28-31,33-41H,2-5H2,1H3,(H,27,32)/t7?,8?,9?,10?,11?,12-,13+,14-,15?,16?,17?,18?,19?,20+,21?,22?,23?,24-,25-,26-/m0/s1. The molecule has 0 aromatic rings. The first kappa shape index (κ1) is 39.5. The molecule has 22 heteroatoms. The Hall–Kier alpha value is -1.33. The van der Waals surface area contributed by atoms with Crippen LogP contribution in [0.3, 0.4) is 0 Å². The molecule has 4 saturated heterocycles. The summed E-state index contributed by atoms with van der Waals surface area (Å²) in [6, 6.07) is -1.61. The van der Waals surface area contributed by atoms with Gasteiger partial charge in [0.1, 0.15) is 97.6 Å². The molecule has 0 aromatic carbocycles. The molecule has 0 aliphatic carbocycles. The molecule has 0 spiro atoms. The van der Waals surface area contributed by atoms with Gasteiger partial charge in [-0.05, 0) is 0 Å². The van der Waals surface area contributed by atoms with Crippen LogP contribution in [0.15, 0.2) is 0 Å². The molecule has 4 rings (SSSR count). The quantitative estimate of drug-likeness (QED) is 0.0947. The smallest absolute Gasteiger partial charge is 0.217 e. The number of aliphatic hydroxyl groups excluding tert-OH is 13. The number of rotatable bonds is 11. The highest BCUT2D eigenvalue weighted by Crippen LogP contribution is 2.34. The molecular formula is C26H45NO21. The Morgan fingerprint density at radius 1 is 0.500 bits per heavy atom. The molecule has 0 bridgehead atoms. The van der Waals surface area contributed by atoms with Gasteiger partial charge < -0.3 is 105 Å². The van der Waals surface area contributed by atoms with Crippen LogP contribution in [-0.2, 0) is 38.0 Å². The topological polar surface area (TPSA) is 357 Å². The predicted octanol–water partition coefficient (Wildman–Crippen LogP) is -9.61. The lowest BCUT2D eigenvalue weighted by atomic mass is 9.94. The summed E-state index contributed by atoms with van der Waals surface area (Å²) < 4.78 is 38.7. The minimum absolute atomic E-state index is 0.765. The van der Waals surface area contributed by atoms with Crippen LogP contribution in [0.4, 0.5) is 0 Å².